The van der Waals surface area contributed by atoms with Crippen molar-refractivity contribution in [2.75, 3.05) is 19.5 Å². The first-order valence-corrected chi connectivity index (χ1v) is 5.94. The van der Waals surface area contributed by atoms with E-state index in [4.69, 9.17) is 15.2 Å². The maximum Gasteiger partial charge on any atom is 0.316 e. The van der Waals surface area contributed by atoms with Crippen LogP contribution in [0.25, 0.3) is 0 Å². The fourth-order valence-corrected chi connectivity index (χ4v) is 1.62. The van der Waals surface area contributed by atoms with E-state index in [1.165, 1.54) is 0 Å². The van der Waals surface area contributed by atoms with E-state index in [0.717, 1.165) is 5.56 Å². The summed E-state index contributed by atoms with van der Waals surface area (Å²) in [4.78, 5) is 12.1. The first-order chi connectivity index (χ1) is 8.37. The summed E-state index contributed by atoms with van der Waals surface area (Å²) in [7, 11) is 1.58. The Morgan fingerprint density at radius 1 is 1.33 bits per heavy atom. The molecule has 1 unspecified atom stereocenters. The normalized spacial score (nSPS) is 13.1. The highest BCUT2D eigenvalue weighted by atomic mass is 16.6. The second-order valence-electron chi connectivity index (χ2n) is 4.92. The van der Waals surface area contributed by atoms with Gasteiger partial charge in [-0.05, 0) is 38.5 Å². The van der Waals surface area contributed by atoms with Crippen LogP contribution in [0.5, 0.6) is 0 Å². The number of carbonyl (C=O) groups is 1. The predicted octanol–water partition coefficient (Wildman–Crippen LogP) is 2.12. The Labute approximate surface area is 108 Å². The van der Waals surface area contributed by atoms with Gasteiger partial charge in [-0.1, -0.05) is 12.1 Å². The lowest BCUT2D eigenvalue weighted by Crippen LogP contribution is -2.34. The second kappa shape index (κ2) is 5.87. The van der Waals surface area contributed by atoms with Gasteiger partial charge in [0.15, 0.2) is 0 Å². The van der Waals surface area contributed by atoms with Gasteiger partial charge in [-0.25, -0.2) is 0 Å². The molecule has 4 nitrogen and oxygen atoms in total. The average molecular weight is 251 g/mol. The molecule has 0 spiro atoms. The number of hydrogen-bond acceptors (Lipinski definition) is 4. The molecule has 0 aliphatic rings. The van der Waals surface area contributed by atoms with Crippen LogP contribution < -0.4 is 5.73 Å². The average Bonchev–Trinajstić information content (AvgIpc) is 2.29. The minimum absolute atomic E-state index is 0.254. The number of carbonyl (C=O) groups excluding carboxylic acids is 1. The molecule has 1 atom stereocenters. The van der Waals surface area contributed by atoms with Crippen molar-refractivity contribution in [3.8, 4) is 0 Å². The van der Waals surface area contributed by atoms with Crippen molar-refractivity contribution in [3.63, 3.8) is 0 Å². The molecule has 1 aromatic rings. The number of hydrogen-bond donors (Lipinski definition) is 1. The van der Waals surface area contributed by atoms with Gasteiger partial charge in [0.05, 0.1) is 12.0 Å². The molecule has 0 radical (unpaired) electrons. The number of rotatable bonds is 5. The summed E-state index contributed by atoms with van der Waals surface area (Å²) in [5, 5.41) is 0. The Morgan fingerprint density at radius 3 is 2.39 bits per heavy atom. The summed E-state index contributed by atoms with van der Waals surface area (Å²) < 4.78 is 10.3. The molecule has 2 N–H and O–H groups in total. The SMILES string of the molecule is COCC(C)OC(=O)C(C)(C)c1ccc(N)cc1. The van der Waals surface area contributed by atoms with Crippen LogP contribution in [0.2, 0.25) is 0 Å². The summed E-state index contributed by atoms with van der Waals surface area (Å²) in [6.45, 7) is 5.87. The molecule has 0 fully saturated rings. The van der Waals surface area contributed by atoms with Crippen molar-refractivity contribution in [1.82, 2.24) is 0 Å². The van der Waals surface area contributed by atoms with Crippen molar-refractivity contribution in [1.29, 1.82) is 0 Å². The lowest BCUT2D eigenvalue weighted by Gasteiger charge is -2.25. The highest BCUT2D eigenvalue weighted by Gasteiger charge is 2.32. The highest BCUT2D eigenvalue weighted by Crippen LogP contribution is 2.26. The van der Waals surface area contributed by atoms with E-state index in [2.05, 4.69) is 0 Å². The minimum Gasteiger partial charge on any atom is -0.460 e. The van der Waals surface area contributed by atoms with Crippen LogP contribution in [0.3, 0.4) is 0 Å². The zero-order valence-electron chi connectivity index (χ0n) is 11.4. The van der Waals surface area contributed by atoms with E-state index in [-0.39, 0.29) is 12.1 Å². The second-order valence-corrected chi connectivity index (χ2v) is 4.92. The number of ether oxygens (including phenoxy) is 2. The lowest BCUT2D eigenvalue weighted by molar-refractivity contribution is -0.156. The Kier molecular flexibility index (Phi) is 4.73. The third kappa shape index (κ3) is 3.47. The molecular formula is C14H21NO3. The lowest BCUT2D eigenvalue weighted by atomic mass is 9.84. The smallest absolute Gasteiger partial charge is 0.316 e. The van der Waals surface area contributed by atoms with Gasteiger partial charge < -0.3 is 15.2 Å². The van der Waals surface area contributed by atoms with Crippen LogP contribution in [0.1, 0.15) is 26.3 Å². The van der Waals surface area contributed by atoms with Crippen molar-refractivity contribution in [2.24, 2.45) is 0 Å². The number of esters is 1. The quantitative estimate of drug-likeness (QED) is 0.643. The number of methoxy groups -OCH3 is 1. The van der Waals surface area contributed by atoms with E-state index in [9.17, 15) is 4.79 Å². The molecule has 0 saturated heterocycles. The number of nitrogens with two attached hydrogens (primary N) is 1. The Bertz CT molecular complexity index is 398. The molecule has 4 heteroatoms. The summed E-state index contributed by atoms with van der Waals surface area (Å²) in [6.07, 6.45) is -0.254. The standard InChI is InChI=1S/C14H21NO3/c1-10(9-17-4)18-13(16)14(2,3)11-5-7-12(15)8-6-11/h5-8,10H,9,15H2,1-4H3. The van der Waals surface area contributed by atoms with Gasteiger partial charge in [0.25, 0.3) is 0 Å². The van der Waals surface area contributed by atoms with Crippen LogP contribution in [-0.2, 0) is 19.7 Å². The summed E-state index contributed by atoms with van der Waals surface area (Å²) in [6, 6.07) is 7.25. The van der Waals surface area contributed by atoms with Crippen LogP contribution >= 0.6 is 0 Å². The summed E-state index contributed by atoms with van der Waals surface area (Å²) >= 11 is 0. The van der Waals surface area contributed by atoms with E-state index in [1.807, 2.05) is 26.0 Å². The van der Waals surface area contributed by atoms with Gasteiger partial charge in [0.2, 0.25) is 0 Å². The maximum atomic E-state index is 12.1. The molecule has 0 heterocycles. The number of nitrogen functional groups attached to an aromatic ring is 1. The first-order valence-electron chi connectivity index (χ1n) is 5.94. The van der Waals surface area contributed by atoms with Crippen LogP contribution in [0, 0.1) is 0 Å². The first kappa shape index (κ1) is 14.5. The van der Waals surface area contributed by atoms with Gasteiger partial charge in [0, 0.05) is 12.8 Å². The van der Waals surface area contributed by atoms with E-state index in [1.54, 1.807) is 26.2 Å². The summed E-state index contributed by atoms with van der Waals surface area (Å²) in [5.41, 5.74) is 6.49. The van der Waals surface area contributed by atoms with Crippen molar-refractivity contribution >= 4 is 11.7 Å². The highest BCUT2D eigenvalue weighted by molar-refractivity contribution is 5.82. The van der Waals surface area contributed by atoms with E-state index >= 15 is 0 Å². The molecule has 0 amide bonds. The molecule has 0 aliphatic carbocycles. The van der Waals surface area contributed by atoms with Crippen molar-refractivity contribution in [2.45, 2.75) is 32.3 Å². The Morgan fingerprint density at radius 2 is 1.89 bits per heavy atom. The minimum atomic E-state index is -0.699. The molecule has 18 heavy (non-hydrogen) atoms. The van der Waals surface area contributed by atoms with Crippen molar-refractivity contribution in [3.05, 3.63) is 29.8 Å². The Balaban J connectivity index is 2.79. The van der Waals surface area contributed by atoms with E-state index in [0.29, 0.717) is 12.3 Å². The third-order valence-electron chi connectivity index (χ3n) is 2.85. The van der Waals surface area contributed by atoms with Gasteiger partial charge in [-0.3, -0.25) is 4.79 Å². The number of benzene rings is 1. The van der Waals surface area contributed by atoms with Gasteiger partial charge >= 0.3 is 5.97 Å². The molecule has 1 aromatic carbocycles. The molecular weight excluding hydrogens is 230 g/mol. The van der Waals surface area contributed by atoms with Crippen LogP contribution in [0.4, 0.5) is 5.69 Å². The maximum absolute atomic E-state index is 12.1. The zero-order valence-corrected chi connectivity index (χ0v) is 11.4. The molecule has 0 bridgehead atoms. The fourth-order valence-electron chi connectivity index (χ4n) is 1.62. The van der Waals surface area contributed by atoms with E-state index < -0.39 is 5.41 Å². The molecule has 1 rings (SSSR count). The number of anilines is 1. The van der Waals surface area contributed by atoms with Gasteiger partial charge in [-0.2, -0.15) is 0 Å². The zero-order chi connectivity index (χ0) is 13.8. The molecule has 0 aliphatic heterocycles. The van der Waals surface area contributed by atoms with Crippen molar-refractivity contribution < 1.29 is 14.3 Å². The predicted molar refractivity (Wildman–Crippen MR) is 71.3 cm³/mol. The topological polar surface area (TPSA) is 61.5 Å². The molecule has 0 aromatic heterocycles. The monoisotopic (exact) mass is 251 g/mol. The van der Waals surface area contributed by atoms with Gasteiger partial charge in [0.1, 0.15) is 6.10 Å². The summed E-state index contributed by atoms with van der Waals surface area (Å²) in [5.74, 6) is -0.267. The van der Waals surface area contributed by atoms with Gasteiger partial charge in [-0.15, -0.1) is 0 Å². The van der Waals surface area contributed by atoms with Crippen LogP contribution in [0.15, 0.2) is 24.3 Å². The molecule has 100 valence electrons. The molecule has 0 saturated carbocycles. The third-order valence-corrected chi connectivity index (χ3v) is 2.85. The van der Waals surface area contributed by atoms with Crippen LogP contribution in [-0.4, -0.2) is 25.8 Å². The Hall–Kier alpha value is -1.55. The largest absolute Gasteiger partial charge is 0.460 e. The fraction of sp³-hybridized carbons (Fsp3) is 0.500.